The number of nitrogens with zero attached hydrogens (tertiary/aromatic N) is 3. The van der Waals surface area contributed by atoms with Crippen LogP contribution >= 0.6 is 0 Å². The van der Waals surface area contributed by atoms with Gasteiger partial charge in [-0.1, -0.05) is 70.6 Å². The fourth-order valence-corrected chi connectivity index (χ4v) is 9.64. The molecule has 8 heteroatoms. The van der Waals surface area contributed by atoms with E-state index in [2.05, 4.69) is 56.0 Å². The van der Waals surface area contributed by atoms with Crippen LogP contribution in [0.3, 0.4) is 0 Å². The van der Waals surface area contributed by atoms with E-state index in [1.54, 1.807) is 5.57 Å². The first kappa shape index (κ1) is 33.1. The molecule has 0 heterocycles. The maximum atomic E-state index is 12.5. The maximum Gasteiger partial charge on any atom is 0.407 e. The summed E-state index contributed by atoms with van der Waals surface area (Å²) in [5, 5.41) is 6.25. The number of rotatable bonds is 15. The van der Waals surface area contributed by atoms with Gasteiger partial charge in [0.1, 0.15) is 6.10 Å². The topological polar surface area (TPSA) is 106 Å². The number of ether oxygens (including phenoxy) is 3. The lowest BCUT2D eigenvalue weighted by atomic mass is 9.47. The summed E-state index contributed by atoms with van der Waals surface area (Å²) in [5.74, 6) is 5.03. The number of azide groups is 1. The Hall–Kier alpha value is -1.76. The minimum atomic E-state index is -0.347. The molecule has 0 aromatic heterocycles. The van der Waals surface area contributed by atoms with Crippen molar-refractivity contribution in [2.24, 2.45) is 51.5 Å². The molecule has 0 bridgehead atoms. The van der Waals surface area contributed by atoms with Crippen LogP contribution in [-0.4, -0.2) is 51.7 Å². The predicted octanol–water partition coefficient (Wildman–Crippen LogP) is 8.47. The normalized spacial score (nSPS) is 34.4. The Morgan fingerprint density at radius 2 is 1.83 bits per heavy atom. The number of amides is 1. The molecule has 4 aliphatic carbocycles. The van der Waals surface area contributed by atoms with Gasteiger partial charge in [-0.3, -0.25) is 0 Å². The lowest BCUT2D eigenvalue weighted by Crippen LogP contribution is -2.51. The molecular weight excluding hydrogens is 528 g/mol. The van der Waals surface area contributed by atoms with E-state index in [0.717, 1.165) is 54.8 Å². The molecule has 0 spiro atoms. The third-order valence-corrected chi connectivity index (χ3v) is 11.8. The van der Waals surface area contributed by atoms with E-state index in [0.29, 0.717) is 44.9 Å². The van der Waals surface area contributed by atoms with E-state index < -0.39 is 0 Å². The van der Waals surface area contributed by atoms with Crippen molar-refractivity contribution in [3.05, 3.63) is 22.1 Å². The first-order valence-corrected chi connectivity index (χ1v) is 17.0. The largest absolute Gasteiger partial charge is 0.446 e. The maximum absolute atomic E-state index is 12.5. The highest BCUT2D eigenvalue weighted by Crippen LogP contribution is 2.67. The van der Waals surface area contributed by atoms with Gasteiger partial charge < -0.3 is 19.5 Å². The quantitative estimate of drug-likeness (QED) is 0.0683. The van der Waals surface area contributed by atoms with Crippen LogP contribution in [0.5, 0.6) is 0 Å². The predicted molar refractivity (Wildman–Crippen MR) is 167 cm³/mol. The van der Waals surface area contributed by atoms with Gasteiger partial charge in [0, 0.05) is 24.4 Å². The highest BCUT2D eigenvalue weighted by Gasteiger charge is 2.59. The van der Waals surface area contributed by atoms with E-state index in [1.165, 1.54) is 51.4 Å². The van der Waals surface area contributed by atoms with Crippen LogP contribution in [0.4, 0.5) is 4.79 Å². The summed E-state index contributed by atoms with van der Waals surface area (Å²) in [7, 11) is 0. The van der Waals surface area contributed by atoms with Crippen molar-refractivity contribution in [3.8, 4) is 0 Å². The average Bonchev–Trinajstić information content (AvgIpc) is 3.31. The first-order valence-electron chi connectivity index (χ1n) is 17.0. The summed E-state index contributed by atoms with van der Waals surface area (Å²) in [6.07, 6.45) is 16.1. The van der Waals surface area contributed by atoms with Crippen LogP contribution in [0.15, 0.2) is 16.8 Å². The molecule has 3 fully saturated rings. The van der Waals surface area contributed by atoms with Crippen molar-refractivity contribution >= 4 is 6.09 Å². The highest BCUT2D eigenvalue weighted by molar-refractivity contribution is 5.67. The van der Waals surface area contributed by atoms with Crippen LogP contribution in [0.2, 0.25) is 0 Å². The monoisotopic (exact) mass is 586 g/mol. The summed E-state index contributed by atoms with van der Waals surface area (Å²) in [6.45, 7) is 14.9. The smallest absolute Gasteiger partial charge is 0.407 e. The third kappa shape index (κ3) is 7.84. The average molecular weight is 587 g/mol. The van der Waals surface area contributed by atoms with Gasteiger partial charge in [0.05, 0.1) is 26.4 Å². The Labute approximate surface area is 254 Å². The van der Waals surface area contributed by atoms with Gasteiger partial charge in [0.25, 0.3) is 0 Å². The van der Waals surface area contributed by atoms with Crippen molar-refractivity contribution in [1.29, 1.82) is 0 Å². The van der Waals surface area contributed by atoms with E-state index in [4.69, 9.17) is 19.7 Å². The number of hydrogen-bond acceptors (Lipinski definition) is 5. The number of carbonyl (C=O) groups is 1. The number of hydrogen-bond donors (Lipinski definition) is 1. The molecule has 238 valence electrons. The number of allylic oxidation sites excluding steroid dienone is 1. The molecule has 42 heavy (non-hydrogen) atoms. The molecule has 0 aromatic rings. The Balaban J connectivity index is 1.22. The SMILES string of the molecule is CC(C)CCC[C@@H](C)[C@H]1CC[C@H]2[C@@H]3CC=C4C[C@@H](OC(=O)NCCOCCOCCN=[N+]=[N-])CC[C@]4(C)[C@H]3CC[C@]12C. The Kier molecular flexibility index (Phi) is 12.1. The Bertz CT molecular complexity index is 965. The van der Waals surface area contributed by atoms with E-state index in [1.807, 2.05) is 0 Å². The highest BCUT2D eigenvalue weighted by atomic mass is 16.6. The lowest BCUT2D eigenvalue weighted by Gasteiger charge is -2.58. The molecule has 8 nitrogen and oxygen atoms in total. The third-order valence-electron chi connectivity index (χ3n) is 11.8. The summed E-state index contributed by atoms with van der Waals surface area (Å²) in [6, 6.07) is 0. The molecule has 0 aromatic carbocycles. The zero-order valence-corrected chi connectivity index (χ0v) is 27.1. The summed E-state index contributed by atoms with van der Waals surface area (Å²) >= 11 is 0. The van der Waals surface area contributed by atoms with Crippen LogP contribution in [0.25, 0.3) is 10.4 Å². The Morgan fingerprint density at radius 1 is 1.05 bits per heavy atom. The van der Waals surface area contributed by atoms with Crippen molar-refractivity contribution in [3.63, 3.8) is 0 Å². The van der Waals surface area contributed by atoms with Crippen LogP contribution in [0.1, 0.15) is 105 Å². The minimum Gasteiger partial charge on any atom is -0.446 e. The summed E-state index contributed by atoms with van der Waals surface area (Å²) in [4.78, 5) is 15.2. The van der Waals surface area contributed by atoms with Crippen LogP contribution in [0, 0.1) is 46.3 Å². The fraction of sp³-hybridized carbons (Fsp3) is 0.912. The zero-order valence-electron chi connectivity index (χ0n) is 27.1. The number of carbonyl (C=O) groups excluding carboxylic acids is 1. The van der Waals surface area contributed by atoms with E-state index in [9.17, 15) is 4.79 Å². The van der Waals surface area contributed by atoms with Crippen LogP contribution in [-0.2, 0) is 14.2 Å². The molecule has 0 aliphatic heterocycles. The van der Waals surface area contributed by atoms with Crippen molar-refractivity contribution in [2.75, 3.05) is 39.5 Å². The van der Waals surface area contributed by atoms with Gasteiger partial charge in [-0.05, 0) is 96.8 Å². The Morgan fingerprint density at radius 3 is 2.60 bits per heavy atom. The molecule has 1 N–H and O–H groups in total. The molecule has 0 unspecified atom stereocenters. The number of alkyl carbamates (subject to hydrolysis) is 1. The molecule has 3 saturated carbocycles. The van der Waals surface area contributed by atoms with Gasteiger partial charge in [-0.2, -0.15) is 0 Å². The molecule has 0 saturated heterocycles. The fourth-order valence-electron chi connectivity index (χ4n) is 9.64. The lowest BCUT2D eigenvalue weighted by molar-refractivity contribution is -0.0581. The summed E-state index contributed by atoms with van der Waals surface area (Å²) < 4.78 is 16.7. The number of fused-ring (bicyclic) bond motifs is 5. The van der Waals surface area contributed by atoms with Gasteiger partial charge in [-0.25, -0.2) is 4.79 Å². The second-order valence-electron chi connectivity index (χ2n) is 14.7. The molecular formula is C34H58N4O4. The standard InChI is InChI=1S/C34H58N4O4/c1-24(2)7-6-8-25(3)29-11-12-30-28-10-9-26-23-27(13-15-33(26,4)31(28)14-16-34(29,30)5)42-32(39)36-17-19-40-21-22-41-20-18-37-38-35/h9,24-25,27-31H,6-8,10-23H2,1-5H3,(H,36,39)/t25-,27+,28+,29-,30+,31+,33+,34-/m1/s1. The first-order chi connectivity index (χ1) is 20.2. The zero-order chi connectivity index (χ0) is 30.2. The van der Waals surface area contributed by atoms with Crippen LogP contribution < -0.4 is 5.32 Å². The van der Waals surface area contributed by atoms with Gasteiger partial charge in [0.2, 0.25) is 0 Å². The van der Waals surface area contributed by atoms with E-state index in [-0.39, 0.29) is 17.6 Å². The van der Waals surface area contributed by atoms with Gasteiger partial charge >= 0.3 is 6.09 Å². The second kappa shape index (κ2) is 15.3. The molecule has 0 radical (unpaired) electrons. The number of nitrogens with one attached hydrogen (secondary N) is 1. The summed E-state index contributed by atoms with van der Waals surface area (Å²) in [5.41, 5.74) is 10.6. The second-order valence-corrected chi connectivity index (χ2v) is 14.7. The molecule has 1 amide bonds. The van der Waals surface area contributed by atoms with Crippen molar-refractivity contribution in [2.45, 2.75) is 111 Å². The minimum absolute atomic E-state index is 0.0392. The molecule has 8 atom stereocenters. The molecule has 4 aliphatic rings. The van der Waals surface area contributed by atoms with Gasteiger partial charge in [-0.15, -0.1) is 0 Å². The van der Waals surface area contributed by atoms with Crippen molar-refractivity contribution in [1.82, 2.24) is 5.32 Å². The van der Waals surface area contributed by atoms with E-state index >= 15 is 0 Å². The van der Waals surface area contributed by atoms with Gasteiger partial charge in [0.15, 0.2) is 0 Å². The van der Waals surface area contributed by atoms with Crippen molar-refractivity contribution < 1.29 is 19.0 Å². The molecule has 4 rings (SSSR count).